The van der Waals surface area contributed by atoms with E-state index in [0.29, 0.717) is 45.3 Å². The van der Waals surface area contributed by atoms with Gasteiger partial charge in [0.2, 0.25) is 10.0 Å². The van der Waals surface area contributed by atoms with Crippen molar-refractivity contribution in [3.8, 4) is 28.5 Å². The van der Waals surface area contributed by atoms with E-state index in [-0.39, 0.29) is 11.3 Å². The summed E-state index contributed by atoms with van der Waals surface area (Å²) < 4.78 is 46.5. The SMILES string of the molecule is CNC(=O)c1c(-c2ccc(F)cc2)oc2cc(N(C)S(C)(=O)=O)c(-c3cccc(C4=Nc5ccc(C#N)cc5C4)c3)cc12. The number of nitriles is 1. The number of sulfonamides is 1. The Kier molecular flexibility index (Phi) is 6.83. The molecule has 4 aromatic carbocycles. The molecule has 10 heteroatoms. The highest BCUT2D eigenvalue weighted by Crippen LogP contribution is 2.42. The predicted octanol–water partition coefficient (Wildman–Crippen LogP) is 6.21. The monoisotopic (exact) mass is 592 g/mol. The Hall–Kier alpha value is -5.27. The first-order valence-corrected chi connectivity index (χ1v) is 15.2. The molecule has 0 spiro atoms. The fraction of sp³-hybridized carbons (Fsp3) is 0.121. The zero-order valence-electron chi connectivity index (χ0n) is 23.5. The quantitative estimate of drug-likeness (QED) is 0.252. The number of benzene rings is 4. The third-order valence-electron chi connectivity index (χ3n) is 7.53. The van der Waals surface area contributed by atoms with E-state index in [1.54, 1.807) is 18.2 Å². The van der Waals surface area contributed by atoms with Crippen molar-refractivity contribution in [1.82, 2.24) is 5.32 Å². The zero-order valence-corrected chi connectivity index (χ0v) is 24.3. The molecule has 1 N–H and O–H groups in total. The van der Waals surface area contributed by atoms with Crippen molar-refractivity contribution < 1.29 is 22.0 Å². The van der Waals surface area contributed by atoms with E-state index < -0.39 is 21.7 Å². The third-order valence-corrected chi connectivity index (χ3v) is 8.72. The number of anilines is 1. The molecule has 0 atom stereocenters. The molecule has 8 nitrogen and oxygen atoms in total. The largest absolute Gasteiger partial charge is 0.455 e. The number of halogens is 1. The second-order valence-electron chi connectivity index (χ2n) is 10.3. The van der Waals surface area contributed by atoms with Crippen molar-refractivity contribution in [3.63, 3.8) is 0 Å². The van der Waals surface area contributed by atoms with Crippen molar-refractivity contribution in [3.05, 3.63) is 107 Å². The van der Waals surface area contributed by atoms with Crippen molar-refractivity contribution in [1.29, 1.82) is 5.26 Å². The molecule has 1 aliphatic rings. The molecule has 0 aliphatic carbocycles. The fourth-order valence-electron chi connectivity index (χ4n) is 5.26. The average Bonchev–Trinajstić information content (AvgIpc) is 3.60. The van der Waals surface area contributed by atoms with Gasteiger partial charge in [-0.3, -0.25) is 14.1 Å². The smallest absolute Gasteiger partial charge is 0.255 e. The van der Waals surface area contributed by atoms with E-state index in [4.69, 9.17) is 9.41 Å². The number of hydrogen-bond acceptors (Lipinski definition) is 6. The average molecular weight is 593 g/mol. The Morgan fingerprint density at radius 1 is 1.02 bits per heavy atom. The van der Waals surface area contributed by atoms with Gasteiger partial charge in [0.1, 0.15) is 17.2 Å². The van der Waals surface area contributed by atoms with E-state index in [1.807, 2.05) is 36.4 Å². The summed E-state index contributed by atoms with van der Waals surface area (Å²) in [5.41, 5.74) is 6.64. The normalized spacial score (nSPS) is 12.5. The highest BCUT2D eigenvalue weighted by Gasteiger charge is 2.26. The van der Waals surface area contributed by atoms with E-state index in [9.17, 15) is 22.9 Å². The number of rotatable bonds is 6. The second kappa shape index (κ2) is 10.5. The maximum Gasteiger partial charge on any atom is 0.255 e. The van der Waals surface area contributed by atoms with Gasteiger partial charge in [-0.25, -0.2) is 12.8 Å². The van der Waals surface area contributed by atoms with Crippen molar-refractivity contribution in [2.75, 3.05) is 24.7 Å². The summed E-state index contributed by atoms with van der Waals surface area (Å²) in [6.45, 7) is 0. The molecule has 214 valence electrons. The van der Waals surface area contributed by atoms with Gasteiger partial charge < -0.3 is 9.73 Å². The first-order chi connectivity index (χ1) is 20.6. The van der Waals surface area contributed by atoms with E-state index in [1.165, 1.54) is 42.7 Å². The first-order valence-electron chi connectivity index (χ1n) is 13.3. The summed E-state index contributed by atoms with van der Waals surface area (Å²) in [6, 6.07) is 24.1. The van der Waals surface area contributed by atoms with Gasteiger partial charge in [-0.1, -0.05) is 18.2 Å². The predicted molar refractivity (Wildman–Crippen MR) is 165 cm³/mol. The Bertz CT molecular complexity index is 2130. The first kappa shape index (κ1) is 27.9. The Morgan fingerprint density at radius 3 is 2.47 bits per heavy atom. The van der Waals surface area contributed by atoms with Gasteiger partial charge in [0.25, 0.3) is 5.91 Å². The van der Waals surface area contributed by atoms with Crippen LogP contribution in [-0.4, -0.2) is 40.4 Å². The van der Waals surface area contributed by atoms with Crippen molar-refractivity contribution >= 4 is 44.0 Å². The topological polar surface area (TPSA) is 116 Å². The molecule has 0 saturated carbocycles. The van der Waals surface area contributed by atoms with Crippen LogP contribution in [0.3, 0.4) is 0 Å². The molecule has 6 rings (SSSR count). The summed E-state index contributed by atoms with van der Waals surface area (Å²) in [5, 5.41) is 12.4. The number of furan rings is 1. The van der Waals surface area contributed by atoms with Crippen LogP contribution in [0.4, 0.5) is 15.8 Å². The van der Waals surface area contributed by atoms with E-state index in [2.05, 4.69) is 11.4 Å². The minimum atomic E-state index is -3.68. The van der Waals surface area contributed by atoms with Crippen molar-refractivity contribution in [2.45, 2.75) is 6.42 Å². The standard InChI is InChI=1S/C33H25FN4O4S/c1-36-33(39)31-26-16-25(21-5-4-6-22(14-21)28-15-23-13-19(18-35)7-12-27(23)37-28)29(38(2)43(3,40)41)17-30(26)42-32(31)20-8-10-24(34)11-9-20/h4-14,16-17H,15H2,1-3H3,(H,36,39). The number of amides is 1. The van der Waals surface area contributed by atoms with Gasteiger partial charge in [-0.15, -0.1) is 0 Å². The molecule has 2 heterocycles. The molecule has 0 fully saturated rings. The lowest BCUT2D eigenvalue weighted by Crippen LogP contribution is -2.25. The van der Waals surface area contributed by atoms with Crippen LogP contribution in [0.1, 0.15) is 27.0 Å². The Balaban J connectivity index is 1.55. The van der Waals surface area contributed by atoms with Crippen LogP contribution in [0.15, 0.2) is 88.3 Å². The van der Waals surface area contributed by atoms with Crippen LogP contribution in [0, 0.1) is 17.1 Å². The summed E-state index contributed by atoms with van der Waals surface area (Å²) in [7, 11) is -0.723. The van der Waals surface area contributed by atoms with Crippen molar-refractivity contribution in [2.24, 2.45) is 4.99 Å². The molecule has 1 aromatic heterocycles. The molecule has 1 aliphatic heterocycles. The molecular formula is C33H25FN4O4S. The van der Waals surface area contributed by atoms with E-state index in [0.717, 1.165) is 28.8 Å². The second-order valence-corrected chi connectivity index (χ2v) is 12.3. The molecule has 0 unspecified atom stereocenters. The molecule has 0 bridgehead atoms. The Morgan fingerprint density at radius 2 is 1.77 bits per heavy atom. The lowest BCUT2D eigenvalue weighted by atomic mass is 9.95. The lowest BCUT2D eigenvalue weighted by Gasteiger charge is -2.21. The Labute approximate surface area is 247 Å². The van der Waals surface area contributed by atoms with E-state index >= 15 is 0 Å². The number of fused-ring (bicyclic) bond motifs is 2. The minimum absolute atomic E-state index is 0.239. The highest BCUT2D eigenvalue weighted by molar-refractivity contribution is 7.92. The molecule has 5 aromatic rings. The summed E-state index contributed by atoms with van der Waals surface area (Å²) >= 11 is 0. The maximum absolute atomic E-state index is 13.7. The lowest BCUT2D eigenvalue weighted by molar-refractivity contribution is 0.0964. The van der Waals surface area contributed by atoms with Crippen LogP contribution in [-0.2, 0) is 16.4 Å². The van der Waals surface area contributed by atoms with Gasteiger partial charge in [0.15, 0.2) is 0 Å². The van der Waals surface area contributed by atoms with Gasteiger partial charge in [0, 0.05) is 43.1 Å². The number of carbonyl (C=O) groups excluding carboxylic acids is 1. The summed E-state index contributed by atoms with van der Waals surface area (Å²) in [6.07, 6.45) is 1.66. The number of nitrogens with one attached hydrogen (secondary N) is 1. The van der Waals surface area contributed by atoms with Gasteiger partial charge >= 0.3 is 0 Å². The van der Waals surface area contributed by atoms with Gasteiger partial charge in [-0.2, -0.15) is 5.26 Å². The fourth-order valence-corrected chi connectivity index (χ4v) is 5.77. The summed E-state index contributed by atoms with van der Waals surface area (Å²) in [4.78, 5) is 17.9. The highest BCUT2D eigenvalue weighted by atomic mass is 32.2. The van der Waals surface area contributed by atoms with Crippen LogP contribution in [0.2, 0.25) is 0 Å². The maximum atomic E-state index is 13.7. The minimum Gasteiger partial charge on any atom is -0.455 e. The van der Waals surface area contributed by atoms with Crippen LogP contribution in [0.25, 0.3) is 33.4 Å². The zero-order chi connectivity index (χ0) is 30.5. The molecule has 43 heavy (non-hydrogen) atoms. The molecule has 1 amide bonds. The van der Waals surface area contributed by atoms with Crippen LogP contribution in [0.5, 0.6) is 0 Å². The number of hydrogen-bond donors (Lipinski definition) is 1. The molecule has 0 saturated heterocycles. The summed E-state index contributed by atoms with van der Waals surface area (Å²) in [5.74, 6) is -0.596. The van der Waals surface area contributed by atoms with Crippen LogP contribution >= 0.6 is 0 Å². The number of aliphatic imine (C=N–C) groups is 1. The van der Waals surface area contributed by atoms with Crippen LogP contribution < -0.4 is 9.62 Å². The molecule has 0 radical (unpaired) electrons. The number of nitrogens with zero attached hydrogens (tertiary/aromatic N) is 3. The third kappa shape index (κ3) is 5.04. The van der Waals surface area contributed by atoms with Gasteiger partial charge in [0.05, 0.1) is 40.5 Å². The molecular weight excluding hydrogens is 567 g/mol. The van der Waals surface area contributed by atoms with Gasteiger partial charge in [-0.05, 0) is 71.3 Å². The number of carbonyl (C=O) groups is 1.